The van der Waals surface area contributed by atoms with Crippen LogP contribution in [-0.2, 0) is 0 Å². The van der Waals surface area contributed by atoms with E-state index in [9.17, 15) is 9.18 Å². The molecule has 1 aromatic carbocycles. The number of nitrogens with one attached hydrogen (secondary N) is 1. The number of aromatic nitrogens is 2. The van der Waals surface area contributed by atoms with Crippen molar-refractivity contribution in [1.29, 1.82) is 0 Å². The molecule has 0 fully saturated rings. The Kier molecular flexibility index (Phi) is 3.47. The zero-order chi connectivity index (χ0) is 15.0. The molecule has 1 atom stereocenters. The summed E-state index contributed by atoms with van der Waals surface area (Å²) in [5, 5.41) is 1.97. The molecule has 4 nitrogen and oxygen atoms in total. The van der Waals surface area contributed by atoms with Crippen LogP contribution in [0.4, 0.5) is 4.39 Å². The average Bonchev–Trinajstić information content (AvgIpc) is 3.14. The first kappa shape index (κ1) is 13.8. The van der Waals surface area contributed by atoms with Crippen LogP contribution in [0.2, 0.25) is 0 Å². The second-order valence-electron chi connectivity index (χ2n) is 4.86. The topological polar surface area (TPSA) is 49.0 Å². The second-order valence-corrected chi connectivity index (χ2v) is 5.84. The fourth-order valence-electron chi connectivity index (χ4n) is 2.26. The Morgan fingerprint density at radius 2 is 2.29 bits per heavy atom. The number of carbonyl (C=O) groups excluding carboxylic acids is 1. The van der Waals surface area contributed by atoms with Crippen LogP contribution in [0.1, 0.15) is 28.2 Å². The molecule has 0 bridgehead atoms. The van der Waals surface area contributed by atoms with Crippen LogP contribution >= 0.6 is 11.3 Å². The lowest BCUT2D eigenvalue weighted by Gasteiger charge is -2.24. The normalized spacial score (nSPS) is 12.5. The maximum absolute atomic E-state index is 13.7. The third kappa shape index (κ3) is 2.42. The predicted octanol–water partition coefficient (Wildman–Crippen LogP) is 3.60. The number of fused-ring (bicyclic) bond motifs is 1. The number of aromatic amines is 1. The van der Waals surface area contributed by atoms with Crippen molar-refractivity contribution in [1.82, 2.24) is 14.9 Å². The highest BCUT2D eigenvalue weighted by Gasteiger charge is 2.22. The first-order valence-corrected chi connectivity index (χ1v) is 7.39. The summed E-state index contributed by atoms with van der Waals surface area (Å²) < 4.78 is 13.7. The molecule has 108 valence electrons. The van der Waals surface area contributed by atoms with Gasteiger partial charge in [-0.05, 0) is 30.5 Å². The predicted molar refractivity (Wildman–Crippen MR) is 80.9 cm³/mol. The van der Waals surface area contributed by atoms with E-state index in [2.05, 4.69) is 9.97 Å². The maximum atomic E-state index is 13.7. The molecule has 3 aromatic rings. The Morgan fingerprint density at radius 3 is 3.00 bits per heavy atom. The molecule has 0 spiro atoms. The fourth-order valence-corrected chi connectivity index (χ4v) is 3.09. The van der Waals surface area contributed by atoms with Gasteiger partial charge < -0.3 is 9.88 Å². The molecule has 0 saturated heterocycles. The molecule has 0 saturated carbocycles. The highest BCUT2D eigenvalue weighted by atomic mass is 32.1. The van der Waals surface area contributed by atoms with Gasteiger partial charge in [0.15, 0.2) is 0 Å². The number of benzene rings is 1. The Balaban J connectivity index is 1.98. The lowest BCUT2D eigenvalue weighted by molar-refractivity contribution is 0.0746. The standard InChI is InChI=1S/C15H14FN3OS/c1-9(13-4-3-5-21-13)19(2)15(20)11-6-10(16)7-12-14(11)18-8-17-12/h3-9H,1-2H3,(H,17,18)/t9-/m0/s1. The third-order valence-corrected chi connectivity index (χ3v) is 4.62. The average molecular weight is 303 g/mol. The van der Waals surface area contributed by atoms with Crippen LogP contribution in [-0.4, -0.2) is 27.8 Å². The molecule has 2 heterocycles. The molecule has 1 amide bonds. The largest absolute Gasteiger partial charge is 0.344 e. The summed E-state index contributed by atoms with van der Waals surface area (Å²) in [6.07, 6.45) is 1.46. The number of thiophene rings is 1. The van der Waals surface area contributed by atoms with Gasteiger partial charge in [0.05, 0.1) is 23.4 Å². The number of imidazole rings is 1. The van der Waals surface area contributed by atoms with E-state index in [1.54, 1.807) is 23.3 Å². The van der Waals surface area contributed by atoms with Gasteiger partial charge in [-0.15, -0.1) is 11.3 Å². The Morgan fingerprint density at radius 1 is 1.48 bits per heavy atom. The van der Waals surface area contributed by atoms with Gasteiger partial charge >= 0.3 is 0 Å². The van der Waals surface area contributed by atoms with Gasteiger partial charge in [0.25, 0.3) is 5.91 Å². The lowest BCUT2D eigenvalue weighted by Crippen LogP contribution is -2.29. The van der Waals surface area contributed by atoms with Crippen LogP contribution < -0.4 is 0 Å². The molecular weight excluding hydrogens is 289 g/mol. The Bertz CT molecular complexity index is 781. The monoisotopic (exact) mass is 303 g/mol. The summed E-state index contributed by atoms with van der Waals surface area (Å²) in [5.74, 6) is -0.695. The van der Waals surface area contributed by atoms with Crippen LogP contribution in [0.3, 0.4) is 0 Å². The fraction of sp³-hybridized carbons (Fsp3) is 0.200. The summed E-state index contributed by atoms with van der Waals surface area (Å²) in [4.78, 5) is 22.3. The van der Waals surface area contributed by atoms with Crippen LogP contribution in [0.25, 0.3) is 11.0 Å². The van der Waals surface area contributed by atoms with Crippen LogP contribution in [0.5, 0.6) is 0 Å². The summed E-state index contributed by atoms with van der Waals surface area (Å²) in [6.45, 7) is 1.95. The van der Waals surface area contributed by atoms with Crippen molar-refractivity contribution in [2.24, 2.45) is 0 Å². The van der Waals surface area contributed by atoms with Gasteiger partial charge in [0, 0.05) is 11.9 Å². The van der Waals surface area contributed by atoms with E-state index in [1.165, 1.54) is 18.5 Å². The van der Waals surface area contributed by atoms with E-state index in [4.69, 9.17) is 0 Å². The van der Waals surface area contributed by atoms with Crippen molar-refractivity contribution in [3.63, 3.8) is 0 Å². The van der Waals surface area contributed by atoms with Crippen molar-refractivity contribution in [3.8, 4) is 0 Å². The lowest BCUT2D eigenvalue weighted by atomic mass is 10.1. The van der Waals surface area contributed by atoms with Crippen molar-refractivity contribution < 1.29 is 9.18 Å². The van der Waals surface area contributed by atoms with E-state index in [1.807, 2.05) is 24.4 Å². The molecule has 0 unspecified atom stereocenters. The highest BCUT2D eigenvalue weighted by molar-refractivity contribution is 7.10. The summed E-state index contributed by atoms with van der Waals surface area (Å²) >= 11 is 1.59. The molecule has 0 radical (unpaired) electrons. The van der Waals surface area contributed by atoms with Crippen molar-refractivity contribution in [3.05, 3.63) is 52.2 Å². The van der Waals surface area contributed by atoms with Crippen LogP contribution in [0.15, 0.2) is 36.0 Å². The zero-order valence-corrected chi connectivity index (χ0v) is 12.4. The first-order chi connectivity index (χ1) is 10.1. The minimum absolute atomic E-state index is 0.0743. The minimum atomic E-state index is -0.452. The zero-order valence-electron chi connectivity index (χ0n) is 11.6. The number of nitrogens with zero attached hydrogens (tertiary/aromatic N) is 2. The molecule has 21 heavy (non-hydrogen) atoms. The van der Waals surface area contributed by atoms with E-state index in [0.29, 0.717) is 11.0 Å². The number of H-pyrrole nitrogens is 1. The first-order valence-electron chi connectivity index (χ1n) is 6.51. The van der Waals surface area contributed by atoms with Crippen LogP contribution in [0, 0.1) is 5.82 Å². The summed E-state index contributed by atoms with van der Waals surface area (Å²) in [7, 11) is 1.72. The quantitative estimate of drug-likeness (QED) is 0.803. The molecule has 0 aliphatic heterocycles. The summed E-state index contributed by atoms with van der Waals surface area (Å²) in [5.41, 5.74) is 1.29. The molecule has 1 N–H and O–H groups in total. The van der Waals surface area contributed by atoms with Gasteiger partial charge in [-0.2, -0.15) is 0 Å². The molecule has 2 aromatic heterocycles. The number of amides is 1. The smallest absolute Gasteiger partial charge is 0.256 e. The number of hydrogen-bond donors (Lipinski definition) is 1. The van der Waals surface area contributed by atoms with Crippen molar-refractivity contribution >= 4 is 28.3 Å². The SMILES string of the molecule is C[C@@H](c1cccs1)N(C)C(=O)c1cc(F)cc2[nH]cnc12. The van der Waals surface area contributed by atoms with Gasteiger partial charge in [-0.1, -0.05) is 6.07 Å². The van der Waals surface area contributed by atoms with Gasteiger partial charge in [0.1, 0.15) is 11.3 Å². The summed E-state index contributed by atoms with van der Waals surface area (Å²) in [6, 6.07) is 6.43. The molecule has 6 heteroatoms. The number of carbonyl (C=O) groups is 1. The van der Waals surface area contributed by atoms with E-state index >= 15 is 0 Å². The maximum Gasteiger partial charge on any atom is 0.256 e. The van der Waals surface area contributed by atoms with E-state index in [-0.39, 0.29) is 17.5 Å². The molecular formula is C15H14FN3OS. The van der Waals surface area contributed by atoms with Gasteiger partial charge in [-0.3, -0.25) is 4.79 Å². The minimum Gasteiger partial charge on any atom is -0.344 e. The number of hydrogen-bond acceptors (Lipinski definition) is 3. The highest BCUT2D eigenvalue weighted by Crippen LogP contribution is 2.26. The number of rotatable bonds is 3. The Hall–Kier alpha value is -2.21. The van der Waals surface area contributed by atoms with Gasteiger partial charge in [-0.25, -0.2) is 9.37 Å². The molecule has 0 aliphatic carbocycles. The van der Waals surface area contributed by atoms with Crippen molar-refractivity contribution in [2.75, 3.05) is 7.05 Å². The molecule has 3 rings (SSSR count). The van der Waals surface area contributed by atoms with Crippen molar-refractivity contribution in [2.45, 2.75) is 13.0 Å². The number of halogens is 1. The molecule has 0 aliphatic rings. The van der Waals surface area contributed by atoms with E-state index in [0.717, 1.165) is 4.88 Å². The van der Waals surface area contributed by atoms with Gasteiger partial charge in [0.2, 0.25) is 0 Å². The third-order valence-electron chi connectivity index (χ3n) is 3.58. The van der Waals surface area contributed by atoms with E-state index < -0.39 is 5.82 Å². The Labute approximate surface area is 125 Å². The second kappa shape index (κ2) is 5.29.